The van der Waals surface area contributed by atoms with E-state index in [1.165, 1.54) is 10.9 Å². The molecule has 2 aromatic carbocycles. The van der Waals surface area contributed by atoms with Gasteiger partial charge >= 0.3 is 0 Å². The summed E-state index contributed by atoms with van der Waals surface area (Å²) in [6.45, 7) is 4.38. The molecule has 168 valence electrons. The molecule has 1 amide bonds. The maximum absolute atomic E-state index is 12.1. The number of carbonyl (C=O) groups is 1. The highest BCUT2D eigenvalue weighted by Gasteiger charge is 2.54. The molecule has 0 bridgehead atoms. The van der Waals surface area contributed by atoms with Gasteiger partial charge in [-0.2, -0.15) is 0 Å². The molecule has 7 heteroatoms. The average molecular weight is 454 g/mol. The lowest BCUT2D eigenvalue weighted by Gasteiger charge is -2.56. The zero-order valence-corrected chi connectivity index (χ0v) is 19.4. The Balaban J connectivity index is 1.67. The zero-order chi connectivity index (χ0) is 22.6. The molecule has 0 aliphatic carbocycles. The number of halogens is 1. The van der Waals surface area contributed by atoms with Gasteiger partial charge in [0.15, 0.2) is 0 Å². The number of aryl methyl sites for hydroxylation is 1. The van der Waals surface area contributed by atoms with E-state index in [-0.39, 0.29) is 24.0 Å². The summed E-state index contributed by atoms with van der Waals surface area (Å²) in [5.41, 5.74) is 4.30. The van der Waals surface area contributed by atoms with Crippen LogP contribution in [0.25, 0.3) is 10.9 Å². The van der Waals surface area contributed by atoms with Crippen LogP contribution in [0.5, 0.6) is 5.75 Å². The van der Waals surface area contributed by atoms with Crippen molar-refractivity contribution >= 4 is 28.4 Å². The van der Waals surface area contributed by atoms with Crippen LogP contribution < -0.4 is 4.74 Å². The van der Waals surface area contributed by atoms with Crippen molar-refractivity contribution in [3.63, 3.8) is 0 Å². The molecule has 3 aromatic rings. The van der Waals surface area contributed by atoms with Crippen molar-refractivity contribution in [3.05, 3.63) is 64.3 Å². The fourth-order valence-electron chi connectivity index (χ4n) is 5.64. The third kappa shape index (κ3) is 3.12. The second kappa shape index (κ2) is 7.80. The van der Waals surface area contributed by atoms with Gasteiger partial charge in [0.2, 0.25) is 5.91 Å². The first-order valence-corrected chi connectivity index (χ1v) is 11.3. The van der Waals surface area contributed by atoms with Gasteiger partial charge in [0.25, 0.3) is 0 Å². The van der Waals surface area contributed by atoms with Crippen molar-refractivity contribution in [1.29, 1.82) is 0 Å². The molecule has 0 saturated carbocycles. The fourth-order valence-corrected chi connectivity index (χ4v) is 5.84. The Morgan fingerprint density at radius 2 is 1.97 bits per heavy atom. The number of likely N-dealkylation sites (tertiary alicyclic amines) is 1. The first kappa shape index (κ1) is 21.3. The molecule has 0 unspecified atom stereocenters. The number of aliphatic hydroxyl groups excluding tert-OH is 1. The smallest absolute Gasteiger partial charge is 0.219 e. The molecule has 1 saturated heterocycles. The van der Waals surface area contributed by atoms with Crippen molar-refractivity contribution in [3.8, 4) is 5.75 Å². The summed E-state index contributed by atoms with van der Waals surface area (Å²) < 4.78 is 7.66. The van der Waals surface area contributed by atoms with E-state index in [1.807, 2.05) is 35.2 Å². The topological polar surface area (TPSA) is 57.9 Å². The number of methoxy groups -OCH3 is 1. The number of carbonyl (C=O) groups excluding carboxylic acids is 1. The molecule has 1 aromatic heterocycles. The Bertz CT molecular complexity index is 1200. The Morgan fingerprint density at radius 3 is 2.62 bits per heavy atom. The summed E-state index contributed by atoms with van der Waals surface area (Å²) in [5, 5.41) is 12.4. The van der Waals surface area contributed by atoms with Gasteiger partial charge in [0.1, 0.15) is 5.75 Å². The largest absolute Gasteiger partial charge is 0.497 e. The first-order chi connectivity index (χ1) is 15.4. The number of aromatic nitrogens is 1. The van der Waals surface area contributed by atoms with E-state index in [9.17, 15) is 9.90 Å². The molecule has 1 atom stereocenters. The molecule has 6 nitrogen and oxygen atoms in total. The molecule has 0 radical (unpaired) electrons. The number of fused-ring (bicyclic) bond motifs is 4. The molecular weight excluding hydrogens is 426 g/mol. The normalized spacial score (nSPS) is 19.8. The van der Waals surface area contributed by atoms with Crippen molar-refractivity contribution in [2.24, 2.45) is 7.05 Å². The van der Waals surface area contributed by atoms with Gasteiger partial charge in [-0.25, -0.2) is 0 Å². The van der Waals surface area contributed by atoms with E-state index in [0.29, 0.717) is 19.6 Å². The van der Waals surface area contributed by atoms with E-state index in [0.717, 1.165) is 34.1 Å². The third-order valence-electron chi connectivity index (χ3n) is 7.18. The minimum absolute atomic E-state index is 0.00521. The molecule has 2 aliphatic heterocycles. The SMILES string of the molecule is COc1ccc2c3c(n(C)c2c1)[C@H](CO)N(Cc1ccccc1Cl)CC31CN(C(C)=O)C1. The predicted molar refractivity (Wildman–Crippen MR) is 125 cm³/mol. The van der Waals surface area contributed by atoms with Crippen LogP contribution in [0.4, 0.5) is 0 Å². The van der Waals surface area contributed by atoms with Crippen molar-refractivity contribution < 1.29 is 14.6 Å². The number of hydrogen-bond donors (Lipinski definition) is 1. The Morgan fingerprint density at radius 1 is 1.22 bits per heavy atom. The molecule has 5 rings (SSSR count). The van der Waals surface area contributed by atoms with Crippen molar-refractivity contribution in [2.75, 3.05) is 33.4 Å². The van der Waals surface area contributed by atoms with Gasteiger partial charge in [-0.15, -0.1) is 0 Å². The summed E-state index contributed by atoms with van der Waals surface area (Å²) in [4.78, 5) is 16.3. The molecule has 1 N–H and O–H groups in total. The van der Waals surface area contributed by atoms with E-state index in [4.69, 9.17) is 16.3 Å². The van der Waals surface area contributed by atoms with Crippen LogP contribution in [0.1, 0.15) is 29.8 Å². The number of nitrogens with zero attached hydrogens (tertiary/aromatic N) is 3. The quantitative estimate of drug-likeness (QED) is 0.657. The summed E-state index contributed by atoms with van der Waals surface area (Å²) >= 11 is 6.49. The first-order valence-electron chi connectivity index (χ1n) is 10.9. The lowest BCUT2D eigenvalue weighted by Crippen LogP contribution is -2.67. The highest BCUT2D eigenvalue weighted by atomic mass is 35.5. The van der Waals surface area contributed by atoms with Gasteiger partial charge < -0.3 is 19.3 Å². The zero-order valence-electron chi connectivity index (χ0n) is 18.6. The van der Waals surface area contributed by atoms with Gasteiger partial charge in [0, 0.05) is 67.7 Å². The average Bonchev–Trinajstić information content (AvgIpc) is 3.05. The maximum Gasteiger partial charge on any atom is 0.219 e. The molecular formula is C25H28ClN3O3. The van der Waals surface area contributed by atoms with E-state index in [2.05, 4.69) is 28.6 Å². The maximum atomic E-state index is 12.1. The summed E-state index contributed by atoms with van der Waals surface area (Å²) in [7, 11) is 3.72. The second-order valence-electron chi connectivity index (χ2n) is 9.05. The molecule has 1 fully saturated rings. The van der Waals surface area contributed by atoms with Gasteiger partial charge in [0.05, 0.1) is 25.3 Å². The Hall–Kier alpha value is -2.54. The summed E-state index contributed by atoms with van der Waals surface area (Å²) in [5.74, 6) is 0.901. The Kier molecular flexibility index (Phi) is 5.19. The van der Waals surface area contributed by atoms with Crippen molar-refractivity contribution in [1.82, 2.24) is 14.4 Å². The second-order valence-corrected chi connectivity index (χ2v) is 9.46. The van der Waals surface area contributed by atoms with Crippen LogP contribution in [-0.2, 0) is 23.8 Å². The number of hydrogen-bond acceptors (Lipinski definition) is 4. The lowest BCUT2D eigenvalue weighted by molar-refractivity contribution is -0.138. The minimum Gasteiger partial charge on any atom is -0.497 e. The molecule has 1 spiro atoms. The van der Waals surface area contributed by atoms with Crippen LogP contribution in [0.2, 0.25) is 5.02 Å². The fraction of sp³-hybridized carbons (Fsp3) is 0.400. The number of aliphatic hydroxyl groups is 1. The Labute approximate surface area is 192 Å². The van der Waals surface area contributed by atoms with Crippen LogP contribution in [0, 0.1) is 0 Å². The molecule has 2 aliphatic rings. The van der Waals surface area contributed by atoms with Crippen LogP contribution in [0.15, 0.2) is 42.5 Å². The van der Waals surface area contributed by atoms with E-state index in [1.54, 1.807) is 14.0 Å². The number of amides is 1. The highest BCUT2D eigenvalue weighted by molar-refractivity contribution is 6.31. The molecule has 3 heterocycles. The third-order valence-corrected chi connectivity index (χ3v) is 7.55. The highest BCUT2D eigenvalue weighted by Crippen LogP contribution is 2.50. The number of ether oxygens (including phenoxy) is 1. The van der Waals surface area contributed by atoms with Gasteiger partial charge in [-0.05, 0) is 29.3 Å². The van der Waals surface area contributed by atoms with Gasteiger partial charge in [-0.1, -0.05) is 29.8 Å². The molecule has 32 heavy (non-hydrogen) atoms. The van der Waals surface area contributed by atoms with Crippen LogP contribution in [0.3, 0.4) is 0 Å². The van der Waals surface area contributed by atoms with E-state index >= 15 is 0 Å². The van der Waals surface area contributed by atoms with E-state index < -0.39 is 0 Å². The van der Waals surface area contributed by atoms with Crippen molar-refractivity contribution in [2.45, 2.75) is 24.9 Å². The van der Waals surface area contributed by atoms with Crippen LogP contribution in [-0.4, -0.2) is 58.7 Å². The standard InChI is InChI=1S/C25H28ClN3O3/c1-16(31)29-14-25(15-29)13-28(11-17-6-4-5-7-20(17)26)22(12-30)24-23(25)19-9-8-18(32-3)10-21(19)27(24)2/h4-10,22,30H,11-15H2,1-3H3/t22-/m0/s1. The van der Waals surface area contributed by atoms with Crippen LogP contribution >= 0.6 is 11.6 Å². The number of rotatable bonds is 4. The van der Waals surface area contributed by atoms with Gasteiger partial charge in [-0.3, -0.25) is 9.69 Å². The minimum atomic E-state index is -0.179. The number of benzene rings is 2. The summed E-state index contributed by atoms with van der Waals surface area (Å²) in [6.07, 6.45) is 0. The predicted octanol–water partition coefficient (Wildman–Crippen LogP) is 3.49. The monoisotopic (exact) mass is 453 g/mol. The lowest BCUT2D eigenvalue weighted by atomic mass is 9.68. The summed E-state index contributed by atoms with van der Waals surface area (Å²) in [6, 6.07) is 13.8.